The molecule has 1 atom stereocenters. The highest BCUT2D eigenvalue weighted by molar-refractivity contribution is 7.07. The van der Waals surface area contributed by atoms with E-state index in [-0.39, 0.29) is 84.4 Å². The molecule has 0 spiro atoms. The summed E-state index contributed by atoms with van der Waals surface area (Å²) in [5.41, 5.74) is 0.227. The summed E-state index contributed by atoms with van der Waals surface area (Å²) in [6.45, 7) is 3.39. The molecule has 1 aliphatic heterocycles. The number of fused-ring (bicyclic) bond motifs is 1. The third-order valence-corrected chi connectivity index (χ3v) is 9.19. The molecule has 0 unspecified atom stereocenters. The van der Waals surface area contributed by atoms with Crippen molar-refractivity contribution in [1.29, 1.82) is 0 Å². The third kappa shape index (κ3) is 6.89. The highest BCUT2D eigenvalue weighted by Crippen LogP contribution is 2.38. The van der Waals surface area contributed by atoms with Gasteiger partial charge < -0.3 is 18.6 Å². The fourth-order valence-corrected chi connectivity index (χ4v) is 6.76. The number of benzene rings is 3. The largest absolute Gasteiger partial charge is 0.493 e. The summed E-state index contributed by atoms with van der Waals surface area (Å²) in [5, 5.41) is 23.9. The number of esters is 1. The van der Waals surface area contributed by atoms with Crippen molar-refractivity contribution >= 4 is 46.4 Å². The van der Waals surface area contributed by atoms with Crippen LogP contribution >= 0.6 is 22.9 Å². The normalized spacial score (nSPS) is 14.1. The molecule has 6 rings (SSSR count). The number of methoxy groups -OCH3 is 1. The standard InChI is InChI=1S/C35H27ClN4O10S/c1-4-48-34(42)31-19(2)37-35-38(32(31)27-13-12-26(50-27)23-16-22(39(43)44)10-11-24(23)36)33(41)30(51-35)15-21-14-28(47-3)29(17-25(21)40(45)46)49-18-20-8-6-5-7-9-20/h5-17,32H,4,18H2,1-3H3/b30-15-/t32-/m1/s1. The minimum absolute atomic E-state index is 0.0226. The van der Waals surface area contributed by atoms with Crippen LogP contribution in [0.5, 0.6) is 11.5 Å². The van der Waals surface area contributed by atoms with E-state index in [1.54, 1.807) is 13.8 Å². The summed E-state index contributed by atoms with van der Waals surface area (Å²) >= 11 is 7.32. The van der Waals surface area contributed by atoms with Crippen molar-refractivity contribution in [2.24, 2.45) is 4.99 Å². The average molecular weight is 731 g/mol. The van der Waals surface area contributed by atoms with Crippen LogP contribution in [0.2, 0.25) is 5.02 Å². The van der Waals surface area contributed by atoms with Crippen molar-refractivity contribution in [2.45, 2.75) is 26.5 Å². The number of non-ortho nitro benzene ring substituents is 1. The van der Waals surface area contributed by atoms with E-state index in [2.05, 4.69) is 4.99 Å². The maximum Gasteiger partial charge on any atom is 0.338 e. The van der Waals surface area contributed by atoms with Crippen LogP contribution in [0.15, 0.2) is 98.3 Å². The van der Waals surface area contributed by atoms with Gasteiger partial charge in [-0.15, -0.1) is 0 Å². The van der Waals surface area contributed by atoms with Crippen molar-refractivity contribution < 1.29 is 33.3 Å². The zero-order chi connectivity index (χ0) is 36.4. The third-order valence-electron chi connectivity index (χ3n) is 7.87. The summed E-state index contributed by atoms with van der Waals surface area (Å²) in [6, 6.07) is 17.6. The molecule has 16 heteroatoms. The summed E-state index contributed by atoms with van der Waals surface area (Å²) in [5.74, 6) is -0.132. The van der Waals surface area contributed by atoms with Crippen LogP contribution in [0, 0.1) is 20.2 Å². The zero-order valence-electron chi connectivity index (χ0n) is 27.2. The Labute approximate surface area is 297 Å². The molecule has 2 aromatic heterocycles. The lowest BCUT2D eigenvalue weighted by molar-refractivity contribution is -0.385. The molecule has 3 aromatic carbocycles. The Morgan fingerprint density at radius 2 is 1.82 bits per heavy atom. The fourth-order valence-electron chi connectivity index (χ4n) is 5.51. The van der Waals surface area contributed by atoms with E-state index < -0.39 is 27.4 Å². The summed E-state index contributed by atoms with van der Waals surface area (Å²) in [6.07, 6.45) is 1.35. The van der Waals surface area contributed by atoms with Crippen molar-refractivity contribution in [3.63, 3.8) is 0 Å². The predicted molar refractivity (Wildman–Crippen MR) is 187 cm³/mol. The number of carbonyl (C=O) groups excluding carboxylic acids is 1. The van der Waals surface area contributed by atoms with Gasteiger partial charge in [-0.3, -0.25) is 29.6 Å². The van der Waals surface area contributed by atoms with Gasteiger partial charge in [0, 0.05) is 17.7 Å². The first kappa shape index (κ1) is 34.8. The number of carbonyl (C=O) groups is 1. The average Bonchev–Trinajstić information content (AvgIpc) is 3.71. The fraction of sp³-hybridized carbons (Fsp3) is 0.171. The maximum atomic E-state index is 14.2. The first-order chi connectivity index (χ1) is 24.5. The minimum atomic E-state index is -1.17. The van der Waals surface area contributed by atoms with Crippen molar-refractivity contribution in [3.8, 4) is 22.8 Å². The van der Waals surface area contributed by atoms with E-state index >= 15 is 0 Å². The van der Waals surface area contributed by atoms with Gasteiger partial charge in [0.05, 0.1) is 56.0 Å². The van der Waals surface area contributed by atoms with Gasteiger partial charge in [0.1, 0.15) is 24.2 Å². The number of allylic oxidation sites excluding steroid dienone is 1. The lowest BCUT2D eigenvalue weighted by Crippen LogP contribution is -2.39. The van der Waals surface area contributed by atoms with Gasteiger partial charge in [0.15, 0.2) is 16.3 Å². The molecule has 0 fully saturated rings. The van der Waals surface area contributed by atoms with E-state index in [4.69, 9.17) is 30.2 Å². The summed E-state index contributed by atoms with van der Waals surface area (Å²) in [4.78, 5) is 54.8. The van der Waals surface area contributed by atoms with Gasteiger partial charge >= 0.3 is 5.97 Å². The van der Waals surface area contributed by atoms with Crippen LogP contribution in [0.4, 0.5) is 11.4 Å². The number of nitrogens with zero attached hydrogens (tertiary/aromatic N) is 4. The first-order valence-electron chi connectivity index (χ1n) is 15.3. The second-order valence-corrected chi connectivity index (χ2v) is 12.4. The Morgan fingerprint density at radius 3 is 2.51 bits per heavy atom. The molecule has 3 heterocycles. The molecule has 0 saturated heterocycles. The van der Waals surface area contributed by atoms with Crippen LogP contribution in [-0.2, 0) is 16.1 Å². The van der Waals surface area contributed by atoms with Crippen LogP contribution in [0.25, 0.3) is 17.4 Å². The number of rotatable bonds is 11. The monoisotopic (exact) mass is 730 g/mol. The quantitative estimate of drug-likeness (QED) is 0.0874. The number of halogens is 1. The Kier molecular flexibility index (Phi) is 9.84. The van der Waals surface area contributed by atoms with Gasteiger partial charge in [-0.05, 0) is 49.8 Å². The van der Waals surface area contributed by atoms with Gasteiger partial charge in [-0.2, -0.15) is 0 Å². The molecule has 14 nitrogen and oxygen atoms in total. The molecular formula is C35H27ClN4O10S. The predicted octanol–water partition coefficient (Wildman–Crippen LogP) is 6.12. The summed E-state index contributed by atoms with van der Waals surface area (Å²) in [7, 11) is 1.40. The first-order valence-corrected chi connectivity index (χ1v) is 16.5. The number of nitro groups is 2. The molecule has 51 heavy (non-hydrogen) atoms. The molecule has 0 N–H and O–H groups in total. The van der Waals surface area contributed by atoms with Crippen LogP contribution in [0.1, 0.15) is 36.8 Å². The van der Waals surface area contributed by atoms with Gasteiger partial charge in [0.25, 0.3) is 16.9 Å². The number of nitro benzene ring substituents is 2. The Hall–Kier alpha value is -6.06. The highest BCUT2D eigenvalue weighted by atomic mass is 35.5. The van der Waals surface area contributed by atoms with Crippen molar-refractivity contribution in [1.82, 2.24) is 4.57 Å². The number of hydrogen-bond acceptors (Lipinski definition) is 12. The molecule has 0 bridgehead atoms. The van der Waals surface area contributed by atoms with Crippen LogP contribution < -0.4 is 24.4 Å². The molecule has 260 valence electrons. The van der Waals surface area contributed by atoms with Gasteiger partial charge in [-0.1, -0.05) is 53.3 Å². The second-order valence-electron chi connectivity index (χ2n) is 11.0. The smallest absolute Gasteiger partial charge is 0.338 e. The maximum absolute atomic E-state index is 14.2. The van der Waals surface area contributed by atoms with E-state index in [1.807, 2.05) is 30.3 Å². The van der Waals surface area contributed by atoms with Gasteiger partial charge in [0.2, 0.25) is 0 Å². The molecule has 0 amide bonds. The minimum Gasteiger partial charge on any atom is -0.493 e. The number of thiazole rings is 1. The van der Waals surface area contributed by atoms with Crippen LogP contribution in [0.3, 0.4) is 0 Å². The second kappa shape index (κ2) is 14.4. The van der Waals surface area contributed by atoms with E-state index in [0.29, 0.717) is 0 Å². The molecule has 0 radical (unpaired) electrons. The number of aromatic nitrogens is 1. The lowest BCUT2D eigenvalue weighted by atomic mass is 10.0. The van der Waals surface area contributed by atoms with Crippen molar-refractivity contribution in [2.75, 3.05) is 13.7 Å². The Bertz CT molecular complexity index is 2420. The number of hydrogen-bond donors (Lipinski definition) is 0. The topological polar surface area (TPSA) is 179 Å². The zero-order valence-corrected chi connectivity index (χ0v) is 28.7. The number of furan rings is 1. The van der Waals surface area contributed by atoms with E-state index in [1.165, 1.54) is 60.2 Å². The Morgan fingerprint density at radius 1 is 1.06 bits per heavy atom. The lowest BCUT2D eigenvalue weighted by Gasteiger charge is -2.22. The molecule has 5 aromatic rings. The molecule has 0 saturated carbocycles. The van der Waals surface area contributed by atoms with E-state index in [0.717, 1.165) is 16.9 Å². The number of ether oxygens (including phenoxy) is 3. The molecule has 0 aliphatic carbocycles. The summed E-state index contributed by atoms with van der Waals surface area (Å²) < 4.78 is 24.1. The van der Waals surface area contributed by atoms with Gasteiger partial charge in [-0.25, -0.2) is 9.79 Å². The van der Waals surface area contributed by atoms with E-state index in [9.17, 15) is 29.8 Å². The van der Waals surface area contributed by atoms with Crippen molar-refractivity contribution in [3.05, 3.63) is 146 Å². The van der Waals surface area contributed by atoms with Crippen LogP contribution in [-0.4, -0.2) is 34.1 Å². The molecular weight excluding hydrogens is 704 g/mol. The Balaban J connectivity index is 1.48. The SMILES string of the molecule is CCOC(=O)C1=C(C)N=c2s/c(=C\c3cc(OC)c(OCc4ccccc4)cc3[N+](=O)[O-])c(=O)n2[C@@H]1c1ccc(-c2cc([N+](=O)[O-])ccc2Cl)o1. The molecule has 1 aliphatic rings. The highest BCUT2D eigenvalue weighted by Gasteiger charge is 2.36.